The van der Waals surface area contributed by atoms with Crippen LogP contribution in [0.5, 0.6) is 0 Å². The second-order valence-electron chi connectivity index (χ2n) is 5.18. The van der Waals surface area contributed by atoms with Gasteiger partial charge in [0, 0.05) is 16.2 Å². The van der Waals surface area contributed by atoms with Crippen molar-refractivity contribution in [3.05, 3.63) is 58.1 Å². The zero-order valence-electron chi connectivity index (χ0n) is 11.2. The van der Waals surface area contributed by atoms with Gasteiger partial charge in [-0.2, -0.15) is 0 Å². The number of hydrogen-bond acceptors (Lipinski definition) is 3. The third-order valence-electron chi connectivity index (χ3n) is 3.66. The molecule has 0 bridgehead atoms. The van der Waals surface area contributed by atoms with Gasteiger partial charge >= 0.3 is 0 Å². The fourth-order valence-corrected chi connectivity index (χ4v) is 4.40. The first kappa shape index (κ1) is 14.6. The molecule has 3 rings (SSSR count). The molecule has 0 amide bonds. The molecule has 0 unspecified atom stereocenters. The van der Waals surface area contributed by atoms with Crippen molar-refractivity contribution in [2.45, 2.75) is 23.8 Å². The predicted molar refractivity (Wildman–Crippen MR) is 86.5 cm³/mol. The number of halogens is 1. The lowest BCUT2D eigenvalue weighted by Crippen LogP contribution is -2.35. The van der Waals surface area contributed by atoms with Gasteiger partial charge in [0.15, 0.2) is 0 Å². The molecule has 0 aliphatic heterocycles. The van der Waals surface area contributed by atoms with Gasteiger partial charge in [-0.05, 0) is 58.1 Å². The van der Waals surface area contributed by atoms with E-state index in [1.54, 1.807) is 6.07 Å². The Kier molecular flexibility index (Phi) is 3.77. The Labute approximate surface area is 132 Å². The summed E-state index contributed by atoms with van der Waals surface area (Å²) in [6.07, 6.45) is 1.46. The number of nitrogen functional groups attached to an aromatic ring is 1. The van der Waals surface area contributed by atoms with Gasteiger partial charge in [0.2, 0.25) is 10.0 Å². The van der Waals surface area contributed by atoms with Crippen LogP contribution in [0.3, 0.4) is 0 Å². The quantitative estimate of drug-likeness (QED) is 0.819. The van der Waals surface area contributed by atoms with Gasteiger partial charge in [0.1, 0.15) is 0 Å². The van der Waals surface area contributed by atoms with E-state index in [-0.39, 0.29) is 10.9 Å². The molecule has 21 heavy (non-hydrogen) atoms. The Morgan fingerprint density at radius 2 is 1.71 bits per heavy atom. The van der Waals surface area contributed by atoms with Crippen LogP contribution in [-0.2, 0) is 22.9 Å². The van der Waals surface area contributed by atoms with E-state index < -0.39 is 10.0 Å². The summed E-state index contributed by atoms with van der Waals surface area (Å²) in [7, 11) is -3.54. The van der Waals surface area contributed by atoms with Gasteiger partial charge in [-0.15, -0.1) is 0 Å². The lowest BCUT2D eigenvalue weighted by Gasteiger charge is -2.13. The minimum absolute atomic E-state index is 0.0938. The number of anilines is 1. The van der Waals surface area contributed by atoms with Crippen molar-refractivity contribution >= 4 is 31.6 Å². The molecule has 0 aromatic heterocycles. The van der Waals surface area contributed by atoms with Crippen LogP contribution in [0.15, 0.2) is 51.8 Å². The normalized spacial score (nSPS) is 15.1. The van der Waals surface area contributed by atoms with Gasteiger partial charge in [0.25, 0.3) is 0 Å². The number of benzene rings is 2. The van der Waals surface area contributed by atoms with Crippen molar-refractivity contribution in [2.75, 3.05) is 5.73 Å². The highest BCUT2D eigenvalue weighted by Gasteiger charge is 2.26. The maximum Gasteiger partial charge on any atom is 0.240 e. The lowest BCUT2D eigenvalue weighted by atomic mass is 10.1. The lowest BCUT2D eigenvalue weighted by molar-refractivity contribution is 0.555. The van der Waals surface area contributed by atoms with Crippen molar-refractivity contribution in [3.8, 4) is 0 Å². The van der Waals surface area contributed by atoms with E-state index in [2.05, 4.69) is 20.7 Å². The minimum atomic E-state index is -3.54. The molecule has 1 aliphatic carbocycles. The average molecular weight is 367 g/mol. The Balaban J connectivity index is 1.80. The van der Waals surface area contributed by atoms with E-state index in [9.17, 15) is 8.42 Å². The Bertz CT molecular complexity index is 765. The minimum Gasteiger partial charge on any atom is -0.398 e. The first-order valence-corrected chi connectivity index (χ1v) is 8.87. The molecule has 0 radical (unpaired) electrons. The molecule has 110 valence electrons. The van der Waals surface area contributed by atoms with Crippen LogP contribution >= 0.6 is 15.9 Å². The van der Waals surface area contributed by atoms with Crippen LogP contribution in [0.25, 0.3) is 0 Å². The number of fused-ring (bicyclic) bond motifs is 1. The summed E-state index contributed by atoms with van der Waals surface area (Å²) in [6, 6.07) is 12.6. The van der Waals surface area contributed by atoms with Gasteiger partial charge in [0.05, 0.1) is 4.90 Å². The third-order valence-corrected chi connectivity index (χ3v) is 5.86. The van der Waals surface area contributed by atoms with Crippen LogP contribution in [0.1, 0.15) is 11.1 Å². The first-order valence-electron chi connectivity index (χ1n) is 6.60. The maximum absolute atomic E-state index is 12.4. The Hall–Kier alpha value is -1.37. The van der Waals surface area contributed by atoms with Crippen LogP contribution in [0.2, 0.25) is 0 Å². The average Bonchev–Trinajstić information content (AvgIpc) is 2.82. The van der Waals surface area contributed by atoms with Gasteiger partial charge in [-0.25, -0.2) is 13.1 Å². The summed E-state index contributed by atoms with van der Waals surface area (Å²) in [5.74, 6) is 0. The zero-order chi connectivity index (χ0) is 15.0. The summed E-state index contributed by atoms with van der Waals surface area (Å²) < 4.78 is 28.2. The summed E-state index contributed by atoms with van der Waals surface area (Å²) in [4.78, 5) is 0.222. The van der Waals surface area contributed by atoms with E-state index in [1.807, 2.05) is 24.3 Å². The maximum atomic E-state index is 12.4. The summed E-state index contributed by atoms with van der Waals surface area (Å²) in [5.41, 5.74) is 8.63. The molecule has 0 saturated carbocycles. The molecular weight excluding hydrogens is 352 g/mol. The van der Waals surface area contributed by atoms with Crippen molar-refractivity contribution in [2.24, 2.45) is 0 Å². The zero-order valence-corrected chi connectivity index (χ0v) is 13.6. The monoisotopic (exact) mass is 366 g/mol. The van der Waals surface area contributed by atoms with Gasteiger partial charge < -0.3 is 5.73 Å². The highest BCUT2D eigenvalue weighted by Crippen LogP contribution is 2.25. The molecule has 0 spiro atoms. The van der Waals surface area contributed by atoms with E-state index in [4.69, 9.17) is 5.73 Å². The van der Waals surface area contributed by atoms with Gasteiger partial charge in [-0.1, -0.05) is 24.3 Å². The SMILES string of the molecule is Nc1ccc(S(=O)(=O)NC2Cc3ccccc3C2)cc1Br. The fraction of sp³-hybridized carbons (Fsp3) is 0.200. The van der Waals surface area contributed by atoms with Crippen LogP contribution < -0.4 is 10.5 Å². The predicted octanol–water partition coefficient (Wildman–Crippen LogP) is 2.48. The second kappa shape index (κ2) is 5.44. The molecule has 0 atom stereocenters. The first-order chi connectivity index (χ1) is 9.95. The van der Waals surface area contributed by atoms with E-state index in [1.165, 1.54) is 23.3 Å². The largest absolute Gasteiger partial charge is 0.398 e. The molecule has 2 aromatic carbocycles. The number of nitrogens with one attached hydrogen (secondary N) is 1. The molecule has 0 fully saturated rings. The number of hydrogen-bond donors (Lipinski definition) is 2. The number of nitrogens with two attached hydrogens (primary N) is 1. The Morgan fingerprint density at radius 1 is 1.10 bits per heavy atom. The van der Waals surface area contributed by atoms with Crippen molar-refractivity contribution in [1.82, 2.24) is 4.72 Å². The third kappa shape index (κ3) is 2.97. The molecule has 2 aromatic rings. The smallest absolute Gasteiger partial charge is 0.240 e. The van der Waals surface area contributed by atoms with Crippen LogP contribution in [-0.4, -0.2) is 14.5 Å². The number of sulfonamides is 1. The summed E-state index contributed by atoms with van der Waals surface area (Å²) in [6.45, 7) is 0. The topological polar surface area (TPSA) is 72.2 Å². The number of rotatable bonds is 3. The highest BCUT2D eigenvalue weighted by molar-refractivity contribution is 9.10. The van der Waals surface area contributed by atoms with Crippen molar-refractivity contribution < 1.29 is 8.42 Å². The van der Waals surface area contributed by atoms with Crippen molar-refractivity contribution in [1.29, 1.82) is 0 Å². The summed E-state index contributed by atoms with van der Waals surface area (Å²) >= 11 is 3.26. The molecule has 3 N–H and O–H groups in total. The molecular formula is C15H15BrN2O2S. The Morgan fingerprint density at radius 3 is 2.29 bits per heavy atom. The van der Waals surface area contributed by atoms with Crippen molar-refractivity contribution in [3.63, 3.8) is 0 Å². The van der Waals surface area contributed by atoms with E-state index in [0.717, 1.165) is 12.8 Å². The van der Waals surface area contributed by atoms with Crippen LogP contribution in [0.4, 0.5) is 5.69 Å². The summed E-state index contributed by atoms with van der Waals surface area (Å²) in [5, 5.41) is 0. The molecule has 6 heteroatoms. The van der Waals surface area contributed by atoms with Gasteiger partial charge in [-0.3, -0.25) is 0 Å². The highest BCUT2D eigenvalue weighted by atomic mass is 79.9. The second-order valence-corrected chi connectivity index (χ2v) is 7.75. The van der Waals surface area contributed by atoms with E-state index >= 15 is 0 Å². The van der Waals surface area contributed by atoms with E-state index in [0.29, 0.717) is 10.2 Å². The van der Waals surface area contributed by atoms with Crippen LogP contribution in [0, 0.1) is 0 Å². The molecule has 1 aliphatic rings. The molecule has 0 saturated heterocycles. The fourth-order valence-electron chi connectivity index (χ4n) is 2.60. The standard InChI is InChI=1S/C15H15BrN2O2S/c16-14-9-13(5-6-15(14)17)21(19,20)18-12-7-10-3-1-2-4-11(10)8-12/h1-6,9,12,18H,7-8,17H2. The molecule has 4 nitrogen and oxygen atoms in total. The molecule has 0 heterocycles.